The number of carbonyl (C=O) groups excluding carboxylic acids is 1. The number of hydrogen-bond donors (Lipinski definition) is 1. The van der Waals surface area contributed by atoms with Crippen molar-refractivity contribution in [2.45, 2.75) is 12.8 Å². The lowest BCUT2D eigenvalue weighted by atomic mass is 10.1. The molecule has 1 N–H and O–H groups in total. The number of nitrogens with one attached hydrogen (secondary N) is 1. The highest BCUT2D eigenvalue weighted by atomic mass is 79.9. The number of hydrogen-bond acceptors (Lipinski definition) is 1. The summed E-state index contributed by atoms with van der Waals surface area (Å²) in [5.41, 5.74) is 0.0799. The Labute approximate surface area is 101 Å². The summed E-state index contributed by atoms with van der Waals surface area (Å²) in [5, 5.41) is 3.41. The molecule has 0 aliphatic carbocycles. The molecule has 0 heterocycles. The maximum atomic E-state index is 13.2. The van der Waals surface area contributed by atoms with E-state index in [0.717, 1.165) is 17.8 Å². The third-order valence-electron chi connectivity index (χ3n) is 2.02. The first-order chi connectivity index (χ1) is 7.65. The van der Waals surface area contributed by atoms with Crippen LogP contribution in [0.15, 0.2) is 18.2 Å². The number of benzene rings is 1. The molecule has 1 rings (SSSR count). The highest BCUT2D eigenvalue weighted by molar-refractivity contribution is 9.09. The number of amides is 1. The molecule has 0 fully saturated rings. The Morgan fingerprint density at radius 3 is 2.81 bits per heavy atom. The van der Waals surface area contributed by atoms with E-state index in [1.54, 1.807) is 0 Å². The average Bonchev–Trinajstić information content (AvgIpc) is 2.25. The molecule has 0 atom stereocenters. The third kappa shape index (κ3) is 3.89. The minimum absolute atomic E-state index is 0.0799. The van der Waals surface area contributed by atoms with Crippen LogP contribution >= 0.6 is 15.9 Å². The zero-order valence-corrected chi connectivity index (χ0v) is 10.2. The summed E-state index contributed by atoms with van der Waals surface area (Å²) in [6.07, 6.45) is 0.670. The normalized spacial score (nSPS) is 10.2. The molecule has 0 saturated carbocycles. The summed E-state index contributed by atoms with van der Waals surface area (Å²) >= 11 is 3.23. The molecule has 0 spiro atoms. The Balaban J connectivity index is 2.53. The van der Waals surface area contributed by atoms with E-state index in [9.17, 15) is 13.6 Å². The first-order valence-electron chi connectivity index (χ1n) is 4.90. The standard InChI is InChI=1S/C11H12BrF2NO/c12-5-2-6-15-10(16)7-8-3-1-4-9(13)11(8)14/h1,3-4H,2,5-7H2,(H,15,16). The van der Waals surface area contributed by atoms with Gasteiger partial charge < -0.3 is 5.32 Å². The summed E-state index contributed by atoms with van der Waals surface area (Å²) in [5.74, 6) is -2.17. The van der Waals surface area contributed by atoms with Crippen LogP contribution < -0.4 is 5.32 Å². The summed E-state index contributed by atoms with van der Waals surface area (Å²) < 4.78 is 26.0. The average molecular weight is 292 g/mol. The van der Waals surface area contributed by atoms with E-state index in [-0.39, 0.29) is 17.9 Å². The van der Waals surface area contributed by atoms with E-state index in [2.05, 4.69) is 21.2 Å². The molecule has 0 aromatic heterocycles. The fourth-order valence-electron chi connectivity index (χ4n) is 1.22. The van der Waals surface area contributed by atoms with Gasteiger partial charge in [0.15, 0.2) is 11.6 Å². The van der Waals surface area contributed by atoms with Crippen LogP contribution in [0.25, 0.3) is 0 Å². The van der Waals surface area contributed by atoms with Crippen LogP contribution in [0.3, 0.4) is 0 Å². The molecule has 5 heteroatoms. The molecular formula is C11H12BrF2NO. The van der Waals surface area contributed by atoms with E-state index >= 15 is 0 Å². The van der Waals surface area contributed by atoms with Crippen LogP contribution in [0, 0.1) is 11.6 Å². The van der Waals surface area contributed by atoms with Crippen molar-refractivity contribution in [3.05, 3.63) is 35.4 Å². The molecule has 0 saturated heterocycles. The molecule has 0 aliphatic heterocycles. The lowest BCUT2D eigenvalue weighted by Crippen LogP contribution is -2.26. The monoisotopic (exact) mass is 291 g/mol. The number of alkyl halides is 1. The van der Waals surface area contributed by atoms with Gasteiger partial charge in [0.1, 0.15) is 0 Å². The number of carbonyl (C=O) groups is 1. The summed E-state index contributed by atoms with van der Waals surface area (Å²) in [6, 6.07) is 3.82. The van der Waals surface area contributed by atoms with Crippen LogP contribution in [-0.2, 0) is 11.2 Å². The lowest BCUT2D eigenvalue weighted by molar-refractivity contribution is -0.120. The smallest absolute Gasteiger partial charge is 0.224 e. The molecule has 88 valence electrons. The predicted molar refractivity (Wildman–Crippen MR) is 61.5 cm³/mol. The maximum absolute atomic E-state index is 13.2. The first kappa shape index (κ1) is 13.1. The fraction of sp³-hybridized carbons (Fsp3) is 0.364. The van der Waals surface area contributed by atoms with E-state index in [1.165, 1.54) is 12.1 Å². The van der Waals surface area contributed by atoms with Crippen LogP contribution in [0.1, 0.15) is 12.0 Å². The van der Waals surface area contributed by atoms with Crippen molar-refractivity contribution in [1.29, 1.82) is 0 Å². The zero-order chi connectivity index (χ0) is 12.0. The number of rotatable bonds is 5. The maximum Gasteiger partial charge on any atom is 0.224 e. The molecule has 1 aromatic rings. The Morgan fingerprint density at radius 1 is 1.38 bits per heavy atom. The SMILES string of the molecule is O=C(Cc1cccc(F)c1F)NCCCBr. The van der Waals surface area contributed by atoms with Gasteiger partial charge in [-0.25, -0.2) is 8.78 Å². The second kappa shape index (κ2) is 6.58. The zero-order valence-electron chi connectivity index (χ0n) is 8.60. The van der Waals surface area contributed by atoms with Crippen molar-refractivity contribution in [2.75, 3.05) is 11.9 Å². The highest BCUT2D eigenvalue weighted by Gasteiger charge is 2.10. The van der Waals surface area contributed by atoms with Crippen molar-refractivity contribution in [1.82, 2.24) is 5.32 Å². The van der Waals surface area contributed by atoms with Crippen molar-refractivity contribution in [3.8, 4) is 0 Å². The van der Waals surface area contributed by atoms with Crippen molar-refractivity contribution >= 4 is 21.8 Å². The van der Waals surface area contributed by atoms with Crippen LogP contribution in [0.2, 0.25) is 0 Å². The van der Waals surface area contributed by atoms with Gasteiger partial charge >= 0.3 is 0 Å². The Morgan fingerprint density at radius 2 is 2.12 bits per heavy atom. The van der Waals surface area contributed by atoms with E-state index in [0.29, 0.717) is 6.54 Å². The van der Waals surface area contributed by atoms with Crippen LogP contribution in [-0.4, -0.2) is 17.8 Å². The van der Waals surface area contributed by atoms with Crippen molar-refractivity contribution in [2.24, 2.45) is 0 Å². The summed E-state index contributed by atoms with van der Waals surface area (Å²) in [7, 11) is 0. The van der Waals surface area contributed by atoms with Gasteiger partial charge in [-0.1, -0.05) is 28.1 Å². The van der Waals surface area contributed by atoms with Gasteiger partial charge in [0, 0.05) is 17.4 Å². The molecule has 16 heavy (non-hydrogen) atoms. The van der Waals surface area contributed by atoms with E-state index in [4.69, 9.17) is 0 Å². The molecule has 0 aliphatic rings. The molecule has 1 aromatic carbocycles. The quantitative estimate of drug-likeness (QED) is 0.655. The van der Waals surface area contributed by atoms with Gasteiger partial charge in [-0.3, -0.25) is 4.79 Å². The van der Waals surface area contributed by atoms with Crippen molar-refractivity contribution in [3.63, 3.8) is 0 Å². The largest absolute Gasteiger partial charge is 0.356 e. The fourth-order valence-corrected chi connectivity index (χ4v) is 1.50. The Hall–Kier alpha value is -0.970. The molecule has 0 unspecified atom stereocenters. The Bertz CT molecular complexity index is 371. The van der Waals surface area contributed by atoms with Gasteiger partial charge in [-0.15, -0.1) is 0 Å². The van der Waals surface area contributed by atoms with Gasteiger partial charge in [0.05, 0.1) is 6.42 Å². The molecule has 0 bridgehead atoms. The topological polar surface area (TPSA) is 29.1 Å². The van der Waals surface area contributed by atoms with E-state index in [1.807, 2.05) is 0 Å². The molecule has 2 nitrogen and oxygen atoms in total. The van der Waals surface area contributed by atoms with Gasteiger partial charge in [0.25, 0.3) is 0 Å². The van der Waals surface area contributed by atoms with E-state index < -0.39 is 11.6 Å². The third-order valence-corrected chi connectivity index (χ3v) is 2.58. The van der Waals surface area contributed by atoms with Gasteiger partial charge in [-0.2, -0.15) is 0 Å². The summed E-state index contributed by atoms with van der Waals surface area (Å²) in [6.45, 7) is 0.529. The van der Waals surface area contributed by atoms with Crippen LogP contribution in [0.5, 0.6) is 0 Å². The first-order valence-corrected chi connectivity index (χ1v) is 6.03. The van der Waals surface area contributed by atoms with Gasteiger partial charge in [0.2, 0.25) is 5.91 Å². The molecular weight excluding hydrogens is 280 g/mol. The predicted octanol–water partition coefficient (Wildman–Crippen LogP) is 2.41. The minimum Gasteiger partial charge on any atom is -0.356 e. The van der Waals surface area contributed by atoms with Crippen LogP contribution in [0.4, 0.5) is 8.78 Å². The number of halogens is 3. The lowest BCUT2D eigenvalue weighted by Gasteiger charge is -2.05. The second-order valence-electron chi connectivity index (χ2n) is 3.28. The van der Waals surface area contributed by atoms with Gasteiger partial charge in [-0.05, 0) is 12.5 Å². The second-order valence-corrected chi connectivity index (χ2v) is 4.08. The Kier molecular flexibility index (Phi) is 5.38. The highest BCUT2D eigenvalue weighted by Crippen LogP contribution is 2.11. The van der Waals surface area contributed by atoms with Crippen molar-refractivity contribution < 1.29 is 13.6 Å². The summed E-state index contributed by atoms with van der Waals surface area (Å²) in [4.78, 5) is 11.3. The minimum atomic E-state index is -0.946. The molecule has 1 amide bonds. The molecule has 0 radical (unpaired) electrons.